The SMILES string of the molecule is CC1(C(=O)O)CCN(S(=O)(=O)c2ccc3[nH]c(=O)c(=O)[nH]c3c2)C1. The van der Waals surface area contributed by atoms with Crippen molar-refractivity contribution >= 4 is 27.0 Å². The van der Waals surface area contributed by atoms with Crippen molar-refractivity contribution in [3.63, 3.8) is 0 Å². The molecule has 9 nitrogen and oxygen atoms in total. The average Bonchev–Trinajstić information content (AvgIpc) is 2.93. The number of aromatic nitrogens is 2. The first kappa shape index (κ1) is 16.4. The number of hydrogen-bond acceptors (Lipinski definition) is 5. The van der Waals surface area contributed by atoms with Gasteiger partial charge in [-0.3, -0.25) is 14.4 Å². The van der Waals surface area contributed by atoms with Gasteiger partial charge in [0.05, 0.1) is 21.3 Å². The van der Waals surface area contributed by atoms with Gasteiger partial charge in [0.2, 0.25) is 10.0 Å². The first-order valence-corrected chi connectivity index (χ1v) is 8.57. The number of nitrogens with zero attached hydrogens (tertiary/aromatic N) is 1. The van der Waals surface area contributed by atoms with Crippen molar-refractivity contribution in [3.05, 3.63) is 38.9 Å². The van der Waals surface area contributed by atoms with Gasteiger partial charge in [0, 0.05) is 13.1 Å². The van der Waals surface area contributed by atoms with Crippen molar-refractivity contribution in [2.45, 2.75) is 18.2 Å². The molecule has 2 aromatic rings. The van der Waals surface area contributed by atoms with E-state index in [2.05, 4.69) is 9.97 Å². The Balaban J connectivity index is 2.03. The zero-order chi connectivity index (χ0) is 17.7. The Morgan fingerprint density at radius 1 is 1.21 bits per heavy atom. The number of fused-ring (bicyclic) bond motifs is 1. The minimum absolute atomic E-state index is 0.0765. The Labute approximate surface area is 136 Å². The largest absolute Gasteiger partial charge is 0.481 e. The summed E-state index contributed by atoms with van der Waals surface area (Å²) < 4.78 is 26.5. The summed E-state index contributed by atoms with van der Waals surface area (Å²) in [5, 5.41) is 9.23. The number of sulfonamides is 1. The number of carboxylic acids is 1. The van der Waals surface area contributed by atoms with Crippen LogP contribution in [0.1, 0.15) is 13.3 Å². The van der Waals surface area contributed by atoms with Crippen LogP contribution in [0.4, 0.5) is 0 Å². The number of rotatable bonds is 3. The molecule has 1 aromatic heterocycles. The molecule has 24 heavy (non-hydrogen) atoms. The summed E-state index contributed by atoms with van der Waals surface area (Å²) in [7, 11) is -3.90. The third-order valence-corrected chi connectivity index (χ3v) is 6.13. The molecule has 128 valence electrons. The molecule has 1 unspecified atom stereocenters. The van der Waals surface area contributed by atoms with Crippen molar-refractivity contribution in [2.24, 2.45) is 5.41 Å². The quantitative estimate of drug-likeness (QED) is 0.647. The van der Waals surface area contributed by atoms with Crippen LogP contribution < -0.4 is 11.1 Å². The molecule has 2 heterocycles. The Kier molecular flexibility index (Phi) is 3.61. The molecule has 0 radical (unpaired) electrons. The molecular weight excluding hydrogens is 338 g/mol. The highest BCUT2D eigenvalue weighted by Crippen LogP contribution is 2.33. The molecule has 1 fully saturated rings. The van der Waals surface area contributed by atoms with E-state index in [4.69, 9.17) is 0 Å². The molecule has 0 bridgehead atoms. The molecule has 1 aliphatic rings. The van der Waals surface area contributed by atoms with Crippen molar-refractivity contribution in [1.82, 2.24) is 14.3 Å². The van der Waals surface area contributed by atoms with Crippen LogP contribution in [-0.4, -0.2) is 46.9 Å². The van der Waals surface area contributed by atoms with E-state index in [0.29, 0.717) is 5.52 Å². The number of carboxylic acid groups (broad SMARTS) is 1. The number of hydrogen-bond donors (Lipinski definition) is 3. The molecule has 1 aromatic carbocycles. The summed E-state index contributed by atoms with van der Waals surface area (Å²) in [4.78, 5) is 38.5. The fraction of sp³-hybridized carbons (Fsp3) is 0.357. The highest BCUT2D eigenvalue weighted by atomic mass is 32.2. The molecule has 3 rings (SSSR count). The Bertz CT molecular complexity index is 1050. The topological polar surface area (TPSA) is 140 Å². The van der Waals surface area contributed by atoms with E-state index in [1.54, 1.807) is 0 Å². The van der Waals surface area contributed by atoms with Gasteiger partial charge in [-0.05, 0) is 31.5 Å². The lowest BCUT2D eigenvalue weighted by Crippen LogP contribution is -2.35. The van der Waals surface area contributed by atoms with Gasteiger partial charge in [-0.1, -0.05) is 0 Å². The maximum atomic E-state index is 12.7. The smallest absolute Gasteiger partial charge is 0.314 e. The number of nitrogens with one attached hydrogen (secondary N) is 2. The minimum atomic E-state index is -3.90. The Hall–Kier alpha value is -2.46. The molecule has 1 aliphatic heterocycles. The van der Waals surface area contributed by atoms with Gasteiger partial charge >= 0.3 is 17.1 Å². The van der Waals surface area contributed by atoms with Crippen LogP contribution in [0, 0.1) is 5.41 Å². The van der Waals surface area contributed by atoms with Crippen LogP contribution in [0.5, 0.6) is 0 Å². The van der Waals surface area contributed by atoms with Crippen LogP contribution in [0.3, 0.4) is 0 Å². The summed E-state index contributed by atoms with van der Waals surface area (Å²) in [5.74, 6) is -1.04. The third kappa shape index (κ3) is 2.53. The molecule has 0 amide bonds. The predicted octanol–water partition coefficient (Wildman–Crippen LogP) is -0.298. The Morgan fingerprint density at radius 2 is 1.83 bits per heavy atom. The molecule has 1 atom stereocenters. The number of benzene rings is 1. The zero-order valence-corrected chi connectivity index (χ0v) is 13.5. The van der Waals surface area contributed by atoms with Gasteiger partial charge in [-0.25, -0.2) is 8.42 Å². The van der Waals surface area contributed by atoms with Crippen LogP contribution >= 0.6 is 0 Å². The normalized spacial score (nSPS) is 22.0. The number of aliphatic carboxylic acids is 1. The van der Waals surface area contributed by atoms with Gasteiger partial charge in [-0.15, -0.1) is 0 Å². The average molecular weight is 353 g/mol. The second-order valence-electron chi connectivity index (χ2n) is 6.07. The van der Waals surface area contributed by atoms with Crippen molar-refractivity contribution in [1.29, 1.82) is 0 Å². The molecule has 0 aliphatic carbocycles. The molecular formula is C14H15N3O6S. The van der Waals surface area contributed by atoms with E-state index in [9.17, 15) is 27.9 Å². The summed E-state index contributed by atoms with van der Waals surface area (Å²) in [6.45, 7) is 1.49. The van der Waals surface area contributed by atoms with Crippen LogP contribution in [-0.2, 0) is 14.8 Å². The van der Waals surface area contributed by atoms with Crippen molar-refractivity contribution in [3.8, 4) is 0 Å². The van der Waals surface area contributed by atoms with Crippen LogP contribution in [0.2, 0.25) is 0 Å². The summed E-state index contributed by atoms with van der Waals surface area (Å²) in [6, 6.07) is 3.94. The summed E-state index contributed by atoms with van der Waals surface area (Å²) >= 11 is 0. The van der Waals surface area contributed by atoms with Gasteiger partial charge in [0.15, 0.2) is 0 Å². The van der Waals surface area contributed by atoms with E-state index in [1.165, 1.54) is 25.1 Å². The number of aromatic amines is 2. The lowest BCUT2D eigenvalue weighted by Gasteiger charge is -2.20. The maximum absolute atomic E-state index is 12.7. The monoisotopic (exact) mass is 353 g/mol. The summed E-state index contributed by atoms with van der Waals surface area (Å²) in [5.41, 5.74) is -2.34. The second-order valence-corrected chi connectivity index (χ2v) is 8.01. The van der Waals surface area contributed by atoms with Crippen LogP contribution in [0.25, 0.3) is 11.0 Å². The van der Waals surface area contributed by atoms with E-state index in [1.807, 2.05) is 0 Å². The fourth-order valence-corrected chi connectivity index (χ4v) is 4.29. The first-order valence-electron chi connectivity index (χ1n) is 7.13. The van der Waals surface area contributed by atoms with Gasteiger partial charge < -0.3 is 15.1 Å². The highest BCUT2D eigenvalue weighted by Gasteiger charge is 2.44. The lowest BCUT2D eigenvalue weighted by molar-refractivity contribution is -0.146. The second kappa shape index (κ2) is 5.28. The maximum Gasteiger partial charge on any atom is 0.314 e. The van der Waals surface area contributed by atoms with E-state index in [0.717, 1.165) is 4.31 Å². The highest BCUT2D eigenvalue weighted by molar-refractivity contribution is 7.89. The standard InChI is InChI=1S/C14H15N3O6S/c1-14(13(20)21)4-5-17(7-14)24(22,23)8-2-3-9-10(6-8)16-12(19)11(18)15-9/h2-3,6H,4-5,7H2,1H3,(H,15,18)(H,16,19)(H,20,21). The lowest BCUT2D eigenvalue weighted by atomic mass is 9.90. The number of carbonyl (C=O) groups is 1. The van der Waals surface area contributed by atoms with Crippen molar-refractivity contribution < 1.29 is 18.3 Å². The van der Waals surface area contributed by atoms with E-state index >= 15 is 0 Å². The fourth-order valence-electron chi connectivity index (χ4n) is 2.70. The Morgan fingerprint density at radius 3 is 2.42 bits per heavy atom. The predicted molar refractivity (Wildman–Crippen MR) is 84.3 cm³/mol. The van der Waals surface area contributed by atoms with Gasteiger partial charge in [0.25, 0.3) is 0 Å². The van der Waals surface area contributed by atoms with Gasteiger partial charge in [0.1, 0.15) is 0 Å². The van der Waals surface area contributed by atoms with E-state index < -0.39 is 32.5 Å². The first-order chi connectivity index (χ1) is 11.1. The summed E-state index contributed by atoms with van der Waals surface area (Å²) in [6.07, 6.45) is 0.222. The van der Waals surface area contributed by atoms with Gasteiger partial charge in [-0.2, -0.15) is 4.31 Å². The molecule has 0 saturated carbocycles. The third-order valence-electron chi connectivity index (χ3n) is 4.29. The molecule has 1 saturated heterocycles. The zero-order valence-electron chi connectivity index (χ0n) is 12.7. The molecule has 10 heteroatoms. The van der Waals surface area contributed by atoms with Crippen LogP contribution in [0.15, 0.2) is 32.7 Å². The van der Waals surface area contributed by atoms with E-state index in [-0.39, 0.29) is 29.9 Å². The molecule has 0 spiro atoms. The van der Waals surface area contributed by atoms with Crippen molar-refractivity contribution in [2.75, 3.05) is 13.1 Å². The minimum Gasteiger partial charge on any atom is -0.481 e. The number of H-pyrrole nitrogens is 2. The molecule has 3 N–H and O–H groups in total.